The number of hydrogen-bond acceptors (Lipinski definition) is 3. The third-order valence-electron chi connectivity index (χ3n) is 0.175. The van der Waals surface area contributed by atoms with Crippen LogP contribution in [0.25, 0.3) is 0 Å². The first-order valence-electron chi connectivity index (χ1n) is 1.91. The van der Waals surface area contributed by atoms with Crippen LogP contribution < -0.4 is 11.5 Å². The van der Waals surface area contributed by atoms with Gasteiger partial charge >= 0.3 is 71.2 Å². The van der Waals surface area contributed by atoms with Crippen molar-refractivity contribution in [1.29, 1.82) is 0 Å². The summed E-state index contributed by atoms with van der Waals surface area (Å²) in [6, 6.07) is 0. The minimum atomic E-state index is -1.33. The Labute approximate surface area is 108 Å². The SMILES string of the molecule is NC(=O)O.NCC(=O)O.[NaH].[NaH]. The second kappa shape index (κ2) is 17.0. The Balaban J connectivity index is -0.0000000383. The molecule has 0 bridgehead atoms. The number of carboxylic acid groups (broad SMARTS) is 2. The third-order valence-corrected chi connectivity index (χ3v) is 0.175. The molecular weight excluding hydrogens is 174 g/mol. The average Bonchev–Trinajstić information content (AvgIpc) is 1.65. The van der Waals surface area contributed by atoms with Crippen molar-refractivity contribution < 1.29 is 19.8 Å². The van der Waals surface area contributed by atoms with Gasteiger partial charge in [-0.05, 0) is 0 Å². The number of aliphatic carboxylic acids is 1. The molecule has 0 atom stereocenters. The first-order chi connectivity index (χ1) is 4.00. The minimum absolute atomic E-state index is 0. The zero-order chi connectivity index (χ0) is 7.86. The molecule has 0 unspecified atom stereocenters. The first-order valence-corrected chi connectivity index (χ1v) is 1.91. The van der Waals surface area contributed by atoms with Crippen LogP contribution in [0.15, 0.2) is 0 Å². The fourth-order valence-corrected chi connectivity index (χ4v) is 0. The van der Waals surface area contributed by atoms with E-state index in [0.717, 1.165) is 0 Å². The molecule has 0 aliphatic heterocycles. The van der Waals surface area contributed by atoms with Crippen LogP contribution in [0.5, 0.6) is 0 Å². The molecule has 0 saturated heterocycles. The summed E-state index contributed by atoms with van der Waals surface area (Å²) in [6.07, 6.45) is -1.33. The predicted molar refractivity (Wildman–Crippen MR) is 43.2 cm³/mol. The van der Waals surface area contributed by atoms with E-state index < -0.39 is 12.1 Å². The zero-order valence-electron chi connectivity index (χ0n) is 4.57. The monoisotopic (exact) mass is 184 g/mol. The van der Waals surface area contributed by atoms with Crippen LogP contribution in [0.1, 0.15) is 0 Å². The Kier molecular flexibility index (Phi) is 34.9. The number of rotatable bonds is 1. The molecule has 0 saturated carbocycles. The Morgan fingerprint density at radius 1 is 1.18 bits per heavy atom. The van der Waals surface area contributed by atoms with Gasteiger partial charge in [0, 0.05) is 0 Å². The van der Waals surface area contributed by atoms with Crippen molar-refractivity contribution in [3.05, 3.63) is 0 Å². The molecule has 1 amide bonds. The van der Waals surface area contributed by atoms with Gasteiger partial charge in [-0.25, -0.2) is 4.79 Å². The van der Waals surface area contributed by atoms with Gasteiger partial charge in [0.15, 0.2) is 0 Å². The van der Waals surface area contributed by atoms with Gasteiger partial charge in [0.1, 0.15) is 0 Å². The quantitative estimate of drug-likeness (QED) is 0.331. The molecule has 11 heavy (non-hydrogen) atoms. The standard InChI is InChI=1S/C2H5NO2.CH3NO2.2Na.2H/c3-1-2(4)5;2-1(3)4;;;;/h1,3H2,(H,4,5);2H2,(H,3,4);;;;. The first kappa shape index (κ1) is 22.6. The third kappa shape index (κ3) is 111. The molecule has 0 aromatic carbocycles. The van der Waals surface area contributed by atoms with E-state index in [-0.39, 0.29) is 65.7 Å². The number of primary amides is 1. The summed E-state index contributed by atoms with van der Waals surface area (Å²) >= 11 is 0. The van der Waals surface area contributed by atoms with E-state index in [1.165, 1.54) is 0 Å². The number of amides is 1. The summed E-state index contributed by atoms with van der Waals surface area (Å²) in [7, 11) is 0. The van der Waals surface area contributed by atoms with E-state index in [0.29, 0.717) is 0 Å². The Bertz CT molecular complexity index is 106. The molecule has 0 aromatic rings. The maximum atomic E-state index is 9.24. The topological polar surface area (TPSA) is 127 Å². The molecular formula is C3H10N2Na2O4. The summed E-state index contributed by atoms with van der Waals surface area (Å²) in [6.45, 7) is -0.278. The number of hydrogen-bond donors (Lipinski definition) is 4. The molecule has 58 valence electrons. The molecule has 0 rings (SSSR count). The Hall–Kier alpha value is 0.700. The summed E-state index contributed by atoms with van der Waals surface area (Å²) in [5, 5.41) is 14.8. The van der Waals surface area contributed by atoms with Crippen molar-refractivity contribution >= 4 is 71.2 Å². The van der Waals surface area contributed by atoms with Gasteiger partial charge in [0.25, 0.3) is 0 Å². The molecule has 8 heteroatoms. The number of carboxylic acids is 1. The molecule has 0 heterocycles. The van der Waals surface area contributed by atoms with Gasteiger partial charge in [-0.2, -0.15) is 0 Å². The molecule has 6 N–H and O–H groups in total. The van der Waals surface area contributed by atoms with E-state index in [1.54, 1.807) is 0 Å². The van der Waals surface area contributed by atoms with Crippen LogP contribution in [0.3, 0.4) is 0 Å². The van der Waals surface area contributed by atoms with E-state index in [9.17, 15) is 4.79 Å². The summed E-state index contributed by atoms with van der Waals surface area (Å²) in [4.78, 5) is 18.0. The van der Waals surface area contributed by atoms with Crippen molar-refractivity contribution in [2.45, 2.75) is 0 Å². The summed E-state index contributed by atoms with van der Waals surface area (Å²) in [5.74, 6) is -0.968. The second-order valence-electron chi connectivity index (χ2n) is 0.936. The van der Waals surface area contributed by atoms with Crippen LogP contribution in [0, 0.1) is 0 Å². The molecule has 0 fully saturated rings. The van der Waals surface area contributed by atoms with Gasteiger partial charge in [0.2, 0.25) is 0 Å². The molecule has 0 aromatic heterocycles. The van der Waals surface area contributed by atoms with Crippen molar-refractivity contribution in [3.63, 3.8) is 0 Å². The summed E-state index contributed by atoms with van der Waals surface area (Å²) in [5.41, 5.74) is 8.60. The van der Waals surface area contributed by atoms with Gasteiger partial charge in [-0.15, -0.1) is 0 Å². The fraction of sp³-hybridized carbons (Fsp3) is 0.333. The van der Waals surface area contributed by atoms with Gasteiger partial charge in [-0.1, -0.05) is 0 Å². The van der Waals surface area contributed by atoms with Crippen molar-refractivity contribution in [2.24, 2.45) is 11.5 Å². The van der Waals surface area contributed by atoms with Crippen molar-refractivity contribution in [1.82, 2.24) is 0 Å². The predicted octanol–water partition coefficient (Wildman–Crippen LogP) is -2.64. The molecule has 6 nitrogen and oxygen atoms in total. The average molecular weight is 184 g/mol. The Morgan fingerprint density at radius 3 is 1.27 bits per heavy atom. The number of carbonyl (C=O) groups is 2. The van der Waals surface area contributed by atoms with E-state index in [1.807, 2.05) is 0 Å². The van der Waals surface area contributed by atoms with Gasteiger partial charge in [-0.3, -0.25) is 4.79 Å². The van der Waals surface area contributed by atoms with Crippen LogP contribution >= 0.6 is 0 Å². The van der Waals surface area contributed by atoms with E-state index >= 15 is 0 Å². The molecule has 0 aliphatic rings. The van der Waals surface area contributed by atoms with Crippen LogP contribution in [0.4, 0.5) is 4.79 Å². The zero-order valence-corrected chi connectivity index (χ0v) is 4.57. The second-order valence-corrected chi connectivity index (χ2v) is 0.936. The normalized spacial score (nSPS) is 5.55. The molecule has 0 spiro atoms. The molecule has 0 aliphatic carbocycles. The van der Waals surface area contributed by atoms with Crippen molar-refractivity contribution in [2.75, 3.05) is 6.54 Å². The van der Waals surface area contributed by atoms with E-state index in [4.69, 9.17) is 15.0 Å². The fourth-order valence-electron chi connectivity index (χ4n) is 0. The van der Waals surface area contributed by atoms with Crippen LogP contribution in [0.2, 0.25) is 0 Å². The molecule has 0 radical (unpaired) electrons. The van der Waals surface area contributed by atoms with Crippen LogP contribution in [-0.2, 0) is 4.79 Å². The van der Waals surface area contributed by atoms with E-state index in [2.05, 4.69) is 11.5 Å². The van der Waals surface area contributed by atoms with Gasteiger partial charge in [0.05, 0.1) is 6.54 Å². The van der Waals surface area contributed by atoms with Crippen molar-refractivity contribution in [3.8, 4) is 0 Å². The van der Waals surface area contributed by atoms with Crippen LogP contribution in [-0.4, -0.2) is 87.9 Å². The number of nitrogens with two attached hydrogens (primary N) is 2. The van der Waals surface area contributed by atoms with Gasteiger partial charge < -0.3 is 21.7 Å². The Morgan fingerprint density at radius 2 is 1.27 bits per heavy atom. The maximum absolute atomic E-state index is 9.24. The summed E-state index contributed by atoms with van der Waals surface area (Å²) < 4.78 is 0.